The van der Waals surface area contributed by atoms with Crippen molar-refractivity contribution in [2.75, 3.05) is 0 Å². The molecule has 2 aromatic heterocycles. The number of amides is 1. The quantitative estimate of drug-likeness (QED) is 0.687. The number of aromatic nitrogens is 1. The Labute approximate surface area is 154 Å². The zero-order chi connectivity index (χ0) is 17.8. The highest BCUT2D eigenvalue weighted by Crippen LogP contribution is 2.23. The Hall–Kier alpha value is -2.31. The van der Waals surface area contributed by atoms with E-state index in [4.69, 9.17) is 20.9 Å². The highest BCUT2D eigenvalue weighted by atomic mass is 35.5. The third kappa shape index (κ3) is 4.21. The van der Waals surface area contributed by atoms with Crippen molar-refractivity contribution in [1.82, 2.24) is 10.5 Å². The first-order valence-electron chi connectivity index (χ1n) is 7.70. The minimum atomic E-state index is -0.195. The predicted octanol–water partition coefficient (Wildman–Crippen LogP) is 4.52. The Morgan fingerprint density at radius 3 is 2.76 bits per heavy atom. The molecule has 2 heterocycles. The lowest BCUT2D eigenvalue weighted by Crippen LogP contribution is -2.23. The standard InChI is InChI=1S/C18H17ClN2O3S/c1-11-15(12(2)24-21-11)10-23-16-6-4-3-5-14(16)18(22)20-9-13-7-8-17(19)25-13/h3-8H,9-10H2,1-2H3,(H,20,22). The van der Waals surface area contributed by atoms with E-state index in [1.54, 1.807) is 18.2 Å². The van der Waals surface area contributed by atoms with Gasteiger partial charge >= 0.3 is 0 Å². The van der Waals surface area contributed by atoms with E-state index in [1.807, 2.05) is 32.0 Å². The molecule has 3 aromatic rings. The second kappa shape index (κ2) is 7.72. The van der Waals surface area contributed by atoms with Gasteiger partial charge in [-0.3, -0.25) is 4.79 Å². The number of halogens is 1. The molecule has 1 N–H and O–H groups in total. The first kappa shape index (κ1) is 17.5. The number of hydrogen-bond acceptors (Lipinski definition) is 5. The summed E-state index contributed by atoms with van der Waals surface area (Å²) in [7, 11) is 0. The fourth-order valence-electron chi connectivity index (χ4n) is 2.35. The summed E-state index contributed by atoms with van der Waals surface area (Å²) in [6.45, 7) is 4.42. The first-order valence-corrected chi connectivity index (χ1v) is 8.90. The van der Waals surface area contributed by atoms with Gasteiger partial charge in [0.25, 0.3) is 5.91 Å². The summed E-state index contributed by atoms with van der Waals surface area (Å²) in [5.41, 5.74) is 2.16. The normalized spacial score (nSPS) is 10.7. The summed E-state index contributed by atoms with van der Waals surface area (Å²) in [6, 6.07) is 10.9. The number of para-hydroxylation sites is 1. The van der Waals surface area contributed by atoms with E-state index in [0.29, 0.717) is 34.6 Å². The van der Waals surface area contributed by atoms with Crippen molar-refractivity contribution in [3.05, 3.63) is 68.2 Å². The van der Waals surface area contributed by atoms with Crippen molar-refractivity contribution in [2.45, 2.75) is 27.0 Å². The predicted molar refractivity (Wildman–Crippen MR) is 97.3 cm³/mol. The van der Waals surface area contributed by atoms with Crippen LogP contribution >= 0.6 is 22.9 Å². The van der Waals surface area contributed by atoms with E-state index in [0.717, 1.165) is 16.1 Å². The molecule has 0 aliphatic carbocycles. The van der Waals surface area contributed by atoms with Crippen molar-refractivity contribution in [3.8, 4) is 5.75 Å². The van der Waals surface area contributed by atoms with Crippen LogP contribution < -0.4 is 10.1 Å². The molecule has 0 saturated carbocycles. The van der Waals surface area contributed by atoms with E-state index in [9.17, 15) is 4.79 Å². The zero-order valence-corrected chi connectivity index (χ0v) is 15.4. The van der Waals surface area contributed by atoms with Crippen LogP contribution in [0.25, 0.3) is 0 Å². The molecule has 7 heteroatoms. The van der Waals surface area contributed by atoms with E-state index >= 15 is 0 Å². The number of aryl methyl sites for hydroxylation is 2. The maximum absolute atomic E-state index is 12.5. The van der Waals surface area contributed by atoms with Gasteiger partial charge in [-0.1, -0.05) is 28.9 Å². The number of nitrogens with zero attached hydrogens (tertiary/aromatic N) is 1. The number of thiophene rings is 1. The summed E-state index contributed by atoms with van der Waals surface area (Å²) < 4.78 is 11.7. The molecule has 1 aromatic carbocycles. The van der Waals surface area contributed by atoms with Crippen LogP contribution in [0.5, 0.6) is 5.75 Å². The molecular weight excluding hydrogens is 360 g/mol. The van der Waals surface area contributed by atoms with Gasteiger partial charge in [-0.25, -0.2) is 0 Å². The Morgan fingerprint density at radius 2 is 2.08 bits per heavy atom. The lowest BCUT2D eigenvalue weighted by atomic mass is 10.2. The topological polar surface area (TPSA) is 64.4 Å². The fraction of sp³-hybridized carbons (Fsp3) is 0.222. The maximum atomic E-state index is 12.5. The van der Waals surface area contributed by atoms with Gasteiger partial charge in [-0.05, 0) is 38.1 Å². The molecule has 3 rings (SSSR count). The molecule has 0 aliphatic rings. The minimum absolute atomic E-state index is 0.195. The molecule has 0 atom stereocenters. The van der Waals surface area contributed by atoms with Gasteiger partial charge in [0.1, 0.15) is 18.1 Å². The van der Waals surface area contributed by atoms with Crippen molar-refractivity contribution < 1.29 is 14.1 Å². The zero-order valence-electron chi connectivity index (χ0n) is 13.8. The number of hydrogen-bond donors (Lipinski definition) is 1. The molecule has 0 radical (unpaired) electrons. The Morgan fingerprint density at radius 1 is 1.28 bits per heavy atom. The number of carbonyl (C=O) groups is 1. The van der Waals surface area contributed by atoms with Gasteiger partial charge < -0.3 is 14.6 Å². The average Bonchev–Trinajstić information content (AvgIpc) is 3.17. The summed E-state index contributed by atoms with van der Waals surface area (Å²) in [4.78, 5) is 13.5. The number of nitrogens with one attached hydrogen (secondary N) is 1. The second-order valence-corrected chi connectivity index (χ2v) is 7.28. The van der Waals surface area contributed by atoms with Crippen molar-refractivity contribution in [3.63, 3.8) is 0 Å². The van der Waals surface area contributed by atoms with E-state index < -0.39 is 0 Å². The summed E-state index contributed by atoms with van der Waals surface area (Å²) in [5, 5.41) is 6.79. The average molecular weight is 377 g/mol. The van der Waals surface area contributed by atoms with Gasteiger partial charge in [0, 0.05) is 4.88 Å². The second-order valence-electron chi connectivity index (χ2n) is 5.48. The minimum Gasteiger partial charge on any atom is -0.488 e. The van der Waals surface area contributed by atoms with Gasteiger partial charge in [-0.15, -0.1) is 11.3 Å². The summed E-state index contributed by atoms with van der Waals surface area (Å²) in [5.74, 6) is 1.04. The van der Waals surface area contributed by atoms with E-state index in [-0.39, 0.29) is 5.91 Å². The van der Waals surface area contributed by atoms with Crippen LogP contribution in [-0.4, -0.2) is 11.1 Å². The van der Waals surface area contributed by atoms with Crippen molar-refractivity contribution in [1.29, 1.82) is 0 Å². The number of carbonyl (C=O) groups excluding carboxylic acids is 1. The first-order chi connectivity index (χ1) is 12.0. The highest BCUT2D eigenvalue weighted by molar-refractivity contribution is 7.16. The molecule has 130 valence electrons. The largest absolute Gasteiger partial charge is 0.488 e. The molecule has 5 nitrogen and oxygen atoms in total. The van der Waals surface area contributed by atoms with Crippen LogP contribution in [0.15, 0.2) is 40.9 Å². The maximum Gasteiger partial charge on any atom is 0.255 e. The number of ether oxygens (including phenoxy) is 1. The summed E-state index contributed by atoms with van der Waals surface area (Å²) >= 11 is 7.35. The van der Waals surface area contributed by atoms with Crippen LogP contribution in [0.3, 0.4) is 0 Å². The smallest absolute Gasteiger partial charge is 0.255 e. The molecular formula is C18H17ClN2O3S. The molecule has 0 fully saturated rings. The third-order valence-corrected chi connectivity index (χ3v) is 4.97. The lowest BCUT2D eigenvalue weighted by Gasteiger charge is -2.11. The monoisotopic (exact) mass is 376 g/mol. The van der Waals surface area contributed by atoms with Crippen LogP contribution in [-0.2, 0) is 13.2 Å². The number of benzene rings is 1. The fourth-order valence-corrected chi connectivity index (χ4v) is 3.37. The SMILES string of the molecule is Cc1noc(C)c1COc1ccccc1C(=O)NCc1ccc(Cl)s1. The molecule has 0 saturated heterocycles. The van der Waals surface area contributed by atoms with Gasteiger partial charge in [-0.2, -0.15) is 0 Å². The van der Waals surface area contributed by atoms with Crippen LogP contribution in [0.2, 0.25) is 4.34 Å². The molecule has 0 bridgehead atoms. The molecule has 0 spiro atoms. The highest BCUT2D eigenvalue weighted by Gasteiger charge is 2.15. The third-order valence-electron chi connectivity index (χ3n) is 3.74. The van der Waals surface area contributed by atoms with Crippen LogP contribution in [0, 0.1) is 13.8 Å². The van der Waals surface area contributed by atoms with E-state index in [1.165, 1.54) is 11.3 Å². The van der Waals surface area contributed by atoms with Crippen LogP contribution in [0.4, 0.5) is 0 Å². The Kier molecular flexibility index (Phi) is 5.40. The molecule has 0 unspecified atom stereocenters. The molecule has 25 heavy (non-hydrogen) atoms. The number of rotatable bonds is 6. The van der Waals surface area contributed by atoms with Gasteiger partial charge in [0.05, 0.1) is 27.7 Å². The molecule has 0 aliphatic heterocycles. The van der Waals surface area contributed by atoms with E-state index in [2.05, 4.69) is 10.5 Å². The van der Waals surface area contributed by atoms with Crippen molar-refractivity contribution >= 4 is 28.8 Å². The van der Waals surface area contributed by atoms with Crippen molar-refractivity contribution in [2.24, 2.45) is 0 Å². The summed E-state index contributed by atoms with van der Waals surface area (Å²) in [6.07, 6.45) is 0. The van der Waals surface area contributed by atoms with Gasteiger partial charge in [0.15, 0.2) is 0 Å². The van der Waals surface area contributed by atoms with Gasteiger partial charge in [0.2, 0.25) is 0 Å². The molecule has 1 amide bonds. The Bertz CT molecular complexity index is 869. The lowest BCUT2D eigenvalue weighted by molar-refractivity contribution is 0.0947. The van der Waals surface area contributed by atoms with Crippen LogP contribution in [0.1, 0.15) is 32.3 Å². The Balaban J connectivity index is 1.68.